The van der Waals surface area contributed by atoms with Crippen molar-refractivity contribution in [3.05, 3.63) is 87.4 Å². The number of imide groups is 1. The Hall–Kier alpha value is -2.50. The van der Waals surface area contributed by atoms with E-state index in [4.69, 9.17) is 0 Å². The van der Waals surface area contributed by atoms with Crippen molar-refractivity contribution in [2.75, 3.05) is 0 Å². The molecule has 1 atom stereocenters. The number of aromatic nitrogens is 1. The van der Waals surface area contributed by atoms with Crippen molar-refractivity contribution in [2.45, 2.75) is 13.0 Å². The van der Waals surface area contributed by atoms with Crippen molar-refractivity contribution in [1.29, 1.82) is 0 Å². The fourth-order valence-corrected chi connectivity index (χ4v) is 3.99. The molecule has 25 heavy (non-hydrogen) atoms. The summed E-state index contributed by atoms with van der Waals surface area (Å²) in [6.07, 6.45) is 0. The van der Waals surface area contributed by atoms with Crippen LogP contribution < -0.4 is 0 Å². The summed E-state index contributed by atoms with van der Waals surface area (Å²) in [6, 6.07) is 16.1. The van der Waals surface area contributed by atoms with E-state index in [1.807, 2.05) is 37.3 Å². The molecule has 3 aromatic rings. The van der Waals surface area contributed by atoms with E-state index in [1.54, 1.807) is 29.8 Å². The van der Waals surface area contributed by atoms with Gasteiger partial charge in [-0.25, -0.2) is 4.98 Å². The molecule has 1 aromatic heterocycles. The van der Waals surface area contributed by atoms with Gasteiger partial charge in [0.2, 0.25) is 0 Å². The van der Waals surface area contributed by atoms with E-state index in [0.717, 1.165) is 16.1 Å². The van der Waals surface area contributed by atoms with Crippen LogP contribution in [0.4, 0.5) is 0 Å². The molecular formula is C19H15ClN2O2S. The Bertz CT molecular complexity index is 904. The number of aryl methyl sites for hydroxylation is 1. The minimum atomic E-state index is -0.453. The molecule has 0 radical (unpaired) electrons. The topological polar surface area (TPSA) is 50.3 Å². The molecule has 1 unspecified atom stereocenters. The molecule has 6 heteroatoms. The molecule has 2 amide bonds. The van der Waals surface area contributed by atoms with Crippen LogP contribution in [-0.2, 0) is 0 Å². The van der Waals surface area contributed by atoms with Crippen LogP contribution in [0.3, 0.4) is 0 Å². The molecule has 0 saturated heterocycles. The molecule has 0 N–H and O–H groups in total. The van der Waals surface area contributed by atoms with Crippen LogP contribution in [0.25, 0.3) is 0 Å². The van der Waals surface area contributed by atoms with Crippen molar-refractivity contribution < 1.29 is 9.59 Å². The zero-order valence-electron chi connectivity index (χ0n) is 13.4. The highest BCUT2D eigenvalue weighted by molar-refractivity contribution is 7.09. The van der Waals surface area contributed by atoms with Crippen LogP contribution in [0.1, 0.15) is 42.9 Å². The number of halogens is 1. The lowest BCUT2D eigenvalue weighted by atomic mass is 10.0. The Labute approximate surface area is 155 Å². The maximum atomic E-state index is 12.9. The number of hydrogen-bond donors (Lipinski definition) is 0. The van der Waals surface area contributed by atoms with Crippen LogP contribution in [0, 0.1) is 6.92 Å². The minimum Gasteiger partial charge on any atom is -0.269 e. The quantitative estimate of drug-likeness (QED) is 0.647. The summed E-state index contributed by atoms with van der Waals surface area (Å²) >= 11 is 1.46. The summed E-state index contributed by atoms with van der Waals surface area (Å²) in [5, 5.41) is 0. The lowest BCUT2D eigenvalue weighted by Gasteiger charge is -2.26. The van der Waals surface area contributed by atoms with Crippen molar-refractivity contribution in [1.82, 2.24) is 9.88 Å². The van der Waals surface area contributed by atoms with Gasteiger partial charge >= 0.3 is 0 Å². The molecule has 4 nitrogen and oxygen atoms in total. The predicted octanol–water partition coefficient (Wildman–Crippen LogP) is 4.26. The maximum Gasteiger partial charge on any atom is 0.262 e. The number of thiazole rings is 1. The Morgan fingerprint density at radius 2 is 1.48 bits per heavy atom. The van der Waals surface area contributed by atoms with E-state index >= 15 is 0 Å². The Morgan fingerprint density at radius 3 is 2.00 bits per heavy atom. The second-order valence-corrected chi connectivity index (χ2v) is 6.53. The Morgan fingerprint density at radius 1 is 0.920 bits per heavy atom. The number of fused-ring (bicyclic) bond motifs is 1. The lowest BCUT2D eigenvalue weighted by molar-refractivity contribution is 0.0610. The summed E-state index contributed by atoms with van der Waals surface area (Å²) in [5.41, 5.74) is 4.42. The third-order valence-electron chi connectivity index (χ3n) is 4.23. The van der Waals surface area contributed by atoms with Crippen LogP contribution in [0.5, 0.6) is 0 Å². The first-order chi connectivity index (χ1) is 11.7. The highest BCUT2D eigenvalue weighted by Gasteiger charge is 2.41. The van der Waals surface area contributed by atoms with Gasteiger partial charge in [-0.15, -0.1) is 23.7 Å². The van der Waals surface area contributed by atoms with Gasteiger partial charge in [0.15, 0.2) is 0 Å². The van der Waals surface area contributed by atoms with Gasteiger partial charge in [0.1, 0.15) is 6.04 Å². The largest absolute Gasteiger partial charge is 0.269 e. The normalized spacial score (nSPS) is 14.2. The third-order valence-corrected chi connectivity index (χ3v) is 5.21. The number of nitrogens with zero attached hydrogens (tertiary/aromatic N) is 2. The molecule has 2 heterocycles. The van der Waals surface area contributed by atoms with Gasteiger partial charge in [-0.05, 0) is 24.6 Å². The zero-order chi connectivity index (χ0) is 16.7. The number of hydrogen-bond acceptors (Lipinski definition) is 4. The average molecular weight is 371 g/mol. The average Bonchev–Trinajstić information content (AvgIpc) is 3.14. The smallest absolute Gasteiger partial charge is 0.262 e. The van der Waals surface area contributed by atoms with Crippen molar-refractivity contribution in [3.63, 3.8) is 0 Å². The van der Waals surface area contributed by atoms with Crippen LogP contribution in [0.2, 0.25) is 0 Å². The second-order valence-electron chi connectivity index (χ2n) is 5.64. The molecule has 0 bridgehead atoms. The van der Waals surface area contributed by atoms with Gasteiger partial charge in [0.05, 0.1) is 27.2 Å². The van der Waals surface area contributed by atoms with E-state index in [1.165, 1.54) is 16.2 Å². The molecule has 4 rings (SSSR count). The van der Waals surface area contributed by atoms with Crippen molar-refractivity contribution in [3.8, 4) is 0 Å². The molecule has 2 aromatic carbocycles. The summed E-state index contributed by atoms with van der Waals surface area (Å²) < 4.78 is 0. The molecule has 126 valence electrons. The molecule has 0 spiro atoms. The first-order valence-corrected chi connectivity index (χ1v) is 8.48. The van der Waals surface area contributed by atoms with E-state index < -0.39 is 6.04 Å². The first kappa shape index (κ1) is 17.3. The standard InChI is InChI=1S/C19H14N2O2S.ClH/c1-12-17(24-11-20-12)16(13-7-3-2-4-8-13)21-18(22)14-9-5-6-10-15(14)19(21)23;/h2-11,16H,1H3;1H. The number of carbonyl (C=O) groups excluding carboxylic acids is 2. The van der Waals surface area contributed by atoms with Gasteiger partial charge in [-0.2, -0.15) is 0 Å². The van der Waals surface area contributed by atoms with E-state index in [-0.39, 0.29) is 24.2 Å². The minimum absolute atomic E-state index is 0. The van der Waals surface area contributed by atoms with Crippen molar-refractivity contribution >= 4 is 35.6 Å². The SMILES string of the molecule is Cc1ncsc1C(c1ccccc1)N1C(=O)c2ccccc2C1=O.Cl. The molecular weight excluding hydrogens is 356 g/mol. The van der Waals surface area contributed by atoms with Crippen molar-refractivity contribution in [2.24, 2.45) is 0 Å². The van der Waals surface area contributed by atoms with E-state index in [0.29, 0.717) is 11.1 Å². The van der Waals surface area contributed by atoms with E-state index in [9.17, 15) is 9.59 Å². The van der Waals surface area contributed by atoms with Gasteiger partial charge in [-0.3, -0.25) is 14.5 Å². The molecule has 0 aliphatic carbocycles. The maximum absolute atomic E-state index is 12.9. The highest BCUT2D eigenvalue weighted by atomic mass is 35.5. The van der Waals surface area contributed by atoms with Crippen LogP contribution in [-0.4, -0.2) is 21.7 Å². The number of benzene rings is 2. The van der Waals surface area contributed by atoms with Gasteiger partial charge in [0, 0.05) is 0 Å². The fourth-order valence-electron chi connectivity index (χ4n) is 3.07. The molecule has 1 aliphatic rings. The monoisotopic (exact) mass is 370 g/mol. The fraction of sp³-hybridized carbons (Fsp3) is 0.105. The van der Waals surface area contributed by atoms with Gasteiger partial charge < -0.3 is 0 Å². The third kappa shape index (κ3) is 2.75. The molecule has 0 saturated carbocycles. The van der Waals surface area contributed by atoms with Gasteiger partial charge in [-0.1, -0.05) is 42.5 Å². The van der Waals surface area contributed by atoms with Gasteiger partial charge in [0.25, 0.3) is 11.8 Å². The Balaban J connectivity index is 0.00000182. The molecule has 1 aliphatic heterocycles. The first-order valence-electron chi connectivity index (χ1n) is 7.60. The van der Waals surface area contributed by atoms with E-state index in [2.05, 4.69) is 4.98 Å². The number of amides is 2. The summed E-state index contributed by atoms with van der Waals surface area (Å²) in [7, 11) is 0. The predicted molar refractivity (Wildman–Crippen MR) is 99.3 cm³/mol. The summed E-state index contributed by atoms with van der Waals surface area (Å²) in [4.78, 5) is 32.4. The zero-order valence-corrected chi connectivity index (χ0v) is 15.0. The van der Waals surface area contributed by atoms with Crippen LogP contribution in [0.15, 0.2) is 60.1 Å². The second kappa shape index (κ2) is 6.78. The van der Waals surface area contributed by atoms with Crippen LogP contribution >= 0.6 is 23.7 Å². The summed E-state index contributed by atoms with van der Waals surface area (Å²) in [6.45, 7) is 1.90. The summed E-state index contributed by atoms with van der Waals surface area (Å²) in [5.74, 6) is -0.505. The number of rotatable bonds is 3. The highest BCUT2D eigenvalue weighted by Crippen LogP contribution is 2.38. The molecule has 0 fully saturated rings. The number of carbonyl (C=O) groups is 2. The Kier molecular flexibility index (Phi) is 4.70. The lowest BCUT2D eigenvalue weighted by Crippen LogP contribution is -2.34.